The molecule has 2 fully saturated rings. The molecule has 7 unspecified atom stereocenters. The lowest BCUT2D eigenvalue weighted by molar-refractivity contribution is -0.126. The number of rotatable bonds is 29. The van der Waals surface area contributed by atoms with E-state index >= 15 is 0 Å². The topological polar surface area (TPSA) is 282 Å². The predicted molar refractivity (Wildman–Crippen MR) is 343 cm³/mol. The molecule has 7 atom stereocenters. The molecule has 4 aromatic carbocycles. The quantitative estimate of drug-likeness (QED) is 0.0279. The van der Waals surface area contributed by atoms with Crippen molar-refractivity contribution >= 4 is 47.4 Å². The van der Waals surface area contributed by atoms with Gasteiger partial charge in [-0.05, 0) is 138 Å². The maximum atomic E-state index is 12.9. The summed E-state index contributed by atoms with van der Waals surface area (Å²) < 4.78 is 10.9. The van der Waals surface area contributed by atoms with Crippen molar-refractivity contribution in [2.24, 2.45) is 22.7 Å². The van der Waals surface area contributed by atoms with E-state index in [9.17, 15) is 34.5 Å². The van der Waals surface area contributed by atoms with Crippen LogP contribution in [0.3, 0.4) is 0 Å². The molecule has 0 spiro atoms. The van der Waals surface area contributed by atoms with Crippen LogP contribution in [0.5, 0.6) is 11.5 Å². The summed E-state index contributed by atoms with van der Waals surface area (Å²) in [5, 5.41) is 77.0. The van der Waals surface area contributed by atoms with E-state index in [1.807, 2.05) is 91.6 Å². The summed E-state index contributed by atoms with van der Waals surface area (Å²) in [6.45, 7) is 11.8. The van der Waals surface area contributed by atoms with Crippen LogP contribution in [-0.4, -0.2) is 193 Å². The van der Waals surface area contributed by atoms with Gasteiger partial charge in [-0.3, -0.25) is 24.1 Å². The Bertz CT molecular complexity index is 2750. The molecule has 0 aliphatic heterocycles. The zero-order valence-electron chi connectivity index (χ0n) is 52.8. The van der Waals surface area contributed by atoms with Crippen LogP contribution < -0.4 is 25.0 Å². The van der Waals surface area contributed by atoms with E-state index in [4.69, 9.17) is 35.0 Å². The second-order valence-corrected chi connectivity index (χ2v) is 23.2. The van der Waals surface area contributed by atoms with E-state index in [2.05, 4.69) is 75.6 Å². The summed E-state index contributed by atoms with van der Waals surface area (Å²) in [4.78, 5) is 53.1. The number of ketones is 1. The Morgan fingerprint density at radius 1 is 0.678 bits per heavy atom. The van der Waals surface area contributed by atoms with Gasteiger partial charge in [0.15, 0.2) is 5.78 Å². The molecule has 3 amide bonds. The van der Waals surface area contributed by atoms with Crippen molar-refractivity contribution < 1.29 is 69.5 Å². The van der Waals surface area contributed by atoms with Gasteiger partial charge in [-0.25, -0.2) is 0 Å². The summed E-state index contributed by atoms with van der Waals surface area (Å²) in [7, 11) is 8.93. The highest BCUT2D eigenvalue weighted by atomic mass is 16.5. The SMILES string of the molecule is CCCCC(CC)COc1ccc(/C=C/C(=O)NCC(O)CO)cc1.CN(C)c1ccc(C(=O)NCC(O)CO)cc1.CN(Cc1ccc(/C=C2\C(=O)C3(C)CCC2C3(C)C)cc1)CC(O)CO.COc1ccc(/C=C/C(=O)N(C)CC(O)CO)cc1. The maximum absolute atomic E-state index is 12.9. The number of ether oxygens (including phenoxy) is 2. The molecule has 2 saturated carbocycles. The first-order valence-corrected chi connectivity index (χ1v) is 29.9. The number of nitrogens with zero attached hydrogens (tertiary/aromatic N) is 3. The van der Waals surface area contributed by atoms with E-state index in [0.717, 1.165) is 70.9 Å². The highest BCUT2D eigenvalue weighted by molar-refractivity contribution is 6.08. The van der Waals surface area contributed by atoms with Crippen LogP contribution in [0.2, 0.25) is 0 Å². The Morgan fingerprint density at radius 2 is 1.21 bits per heavy atom. The van der Waals surface area contributed by atoms with Crippen LogP contribution in [-0.2, 0) is 20.9 Å². The number of aliphatic hydroxyl groups excluding tert-OH is 8. The Balaban J connectivity index is 0.000000308. The summed E-state index contributed by atoms with van der Waals surface area (Å²) in [5.74, 6) is 2.08. The van der Waals surface area contributed by atoms with Crippen molar-refractivity contribution in [1.29, 1.82) is 0 Å². The van der Waals surface area contributed by atoms with E-state index in [-0.39, 0.29) is 74.6 Å². The van der Waals surface area contributed by atoms with Crippen LogP contribution in [0.25, 0.3) is 18.2 Å². The number of Topliss-reactive ketones (excluding diaryl/α,β-unsaturated/α-hetero) is 1. The molecule has 87 heavy (non-hydrogen) atoms. The number of allylic oxidation sites excluding steroid dienone is 1. The molecule has 2 aliphatic rings. The minimum atomic E-state index is -0.932. The summed E-state index contributed by atoms with van der Waals surface area (Å²) in [6.07, 6.45) is 11.7. The number of benzene rings is 4. The van der Waals surface area contributed by atoms with Crippen LogP contribution in [0.1, 0.15) is 106 Å². The van der Waals surface area contributed by atoms with Crippen molar-refractivity contribution in [3.05, 3.63) is 143 Å². The lowest BCUT2D eigenvalue weighted by Gasteiger charge is -2.31. The van der Waals surface area contributed by atoms with E-state index < -0.39 is 24.4 Å². The van der Waals surface area contributed by atoms with Gasteiger partial charge >= 0.3 is 0 Å². The number of hydrogen-bond acceptors (Lipinski definition) is 16. The van der Waals surface area contributed by atoms with Crippen molar-refractivity contribution in [2.45, 2.75) is 104 Å². The number of amides is 3. The predicted octanol–water partition coefficient (Wildman–Crippen LogP) is 6.00. The minimum absolute atomic E-state index is 0.0308. The van der Waals surface area contributed by atoms with Crippen molar-refractivity contribution in [3.63, 3.8) is 0 Å². The third-order valence-corrected chi connectivity index (χ3v) is 15.9. The lowest BCUT2D eigenvalue weighted by atomic mass is 9.70. The molecule has 480 valence electrons. The number of fused-ring (bicyclic) bond motifs is 2. The number of hydrogen-bond donors (Lipinski definition) is 10. The average molecular weight is 1210 g/mol. The number of carbonyl (C=O) groups excluding carboxylic acids is 4. The zero-order valence-corrected chi connectivity index (χ0v) is 52.8. The first-order chi connectivity index (χ1) is 41.4. The Hall–Kier alpha value is -6.78. The van der Waals surface area contributed by atoms with Gasteiger partial charge in [0.1, 0.15) is 11.5 Å². The molecule has 0 heterocycles. The maximum Gasteiger partial charge on any atom is 0.251 e. The van der Waals surface area contributed by atoms with Crippen LogP contribution in [0.4, 0.5) is 5.69 Å². The number of carbonyl (C=O) groups is 4. The second kappa shape index (κ2) is 38.5. The number of aliphatic hydroxyl groups is 8. The normalized spacial score (nSPS) is 17.9. The highest BCUT2D eigenvalue weighted by Crippen LogP contribution is 2.65. The van der Waals surface area contributed by atoms with Gasteiger partial charge in [0, 0.05) is 82.7 Å². The third-order valence-electron chi connectivity index (χ3n) is 15.9. The van der Waals surface area contributed by atoms with Gasteiger partial charge in [0.25, 0.3) is 5.91 Å². The van der Waals surface area contributed by atoms with E-state index in [0.29, 0.717) is 36.3 Å². The molecular formula is C68H99N5O14. The molecule has 2 aliphatic carbocycles. The van der Waals surface area contributed by atoms with Gasteiger partial charge in [0.05, 0.1) is 64.6 Å². The molecule has 0 radical (unpaired) electrons. The molecular weight excluding hydrogens is 1110 g/mol. The van der Waals surface area contributed by atoms with Gasteiger partial charge in [-0.2, -0.15) is 0 Å². The molecule has 0 aromatic heterocycles. The van der Waals surface area contributed by atoms with Crippen molar-refractivity contribution in [2.75, 3.05) is 99.4 Å². The first-order valence-electron chi connectivity index (χ1n) is 29.9. The van der Waals surface area contributed by atoms with E-state index in [1.54, 1.807) is 38.4 Å². The standard InChI is InChI=1S/C22H31NO3.C20H31NO4.C14H19NO4.C12H18N2O3/c1-21(2)19-9-10-22(21,3)20(26)18(19)11-15-5-7-16(8-6-15)12-23(4)13-17(25)14-24;1-3-5-6-16(4-2)15-25-19-10-7-17(8-11-19)9-12-20(24)21-13-18(23)14-22;1-15(9-12(17)10-16)14(18)8-5-11-3-6-13(19-2)7-4-11;1-14(2)10-5-3-9(4-6-10)12(17)13-7-11(16)8-15/h5-8,11,17,19,24-25H,9-10,12-14H2,1-4H3;7-12,16,18,22-23H,3-6,13-15H2,1-2H3,(H,21,24);3-8,12,16-17H,9-10H2,1-2H3;3-6,11,15-16H,7-8H2,1-2H3,(H,13,17)/b18-11-;12-9+;8-5+;. The van der Waals surface area contributed by atoms with Gasteiger partial charge in [-0.1, -0.05) is 102 Å². The second-order valence-electron chi connectivity index (χ2n) is 23.2. The minimum Gasteiger partial charge on any atom is -0.497 e. The molecule has 10 N–H and O–H groups in total. The number of unbranched alkanes of at least 4 members (excludes halogenated alkanes) is 1. The summed E-state index contributed by atoms with van der Waals surface area (Å²) in [5.41, 5.74) is 6.37. The van der Waals surface area contributed by atoms with Crippen molar-refractivity contribution in [3.8, 4) is 11.5 Å². The Morgan fingerprint density at radius 3 is 1.71 bits per heavy atom. The van der Waals surface area contributed by atoms with Crippen LogP contribution >= 0.6 is 0 Å². The van der Waals surface area contributed by atoms with Gasteiger partial charge < -0.3 is 70.8 Å². The van der Waals surface area contributed by atoms with Crippen molar-refractivity contribution in [1.82, 2.24) is 20.4 Å². The molecule has 6 rings (SSSR count). The van der Waals surface area contributed by atoms with Crippen LogP contribution in [0, 0.1) is 22.7 Å². The number of methoxy groups -OCH3 is 1. The smallest absolute Gasteiger partial charge is 0.251 e. The summed E-state index contributed by atoms with van der Waals surface area (Å²) in [6, 6.07) is 30.3. The number of anilines is 1. The van der Waals surface area contributed by atoms with Crippen LogP contribution in [0.15, 0.2) is 115 Å². The largest absolute Gasteiger partial charge is 0.497 e. The Kier molecular flexibility index (Phi) is 32.9. The fourth-order valence-electron chi connectivity index (χ4n) is 9.85. The summed E-state index contributed by atoms with van der Waals surface area (Å²) >= 11 is 0. The molecule has 4 aromatic rings. The fraction of sp³-hybridized carbons (Fsp3) is 0.500. The first kappa shape index (κ1) is 74.5. The zero-order chi connectivity index (χ0) is 64.7. The molecule has 19 nitrogen and oxygen atoms in total. The van der Waals surface area contributed by atoms with E-state index in [1.165, 1.54) is 36.3 Å². The molecule has 19 heteroatoms. The molecule has 0 saturated heterocycles. The average Bonchev–Trinajstić information content (AvgIpc) is 1.56. The highest BCUT2D eigenvalue weighted by Gasteiger charge is 2.63. The molecule has 2 bridgehead atoms. The lowest BCUT2D eigenvalue weighted by Crippen LogP contribution is -2.34. The van der Waals surface area contributed by atoms with Gasteiger partial charge in [-0.15, -0.1) is 0 Å². The fourth-order valence-corrected chi connectivity index (χ4v) is 9.85. The third kappa shape index (κ3) is 25.1. The Labute approximate surface area is 515 Å². The number of nitrogens with one attached hydrogen (secondary N) is 2. The monoisotopic (exact) mass is 1210 g/mol. The number of likely N-dealkylation sites (N-methyl/N-ethyl adjacent to an activating group) is 2. The van der Waals surface area contributed by atoms with Gasteiger partial charge in [0.2, 0.25) is 11.8 Å².